The summed E-state index contributed by atoms with van der Waals surface area (Å²) in [5.74, 6) is 0.233. The minimum atomic E-state index is -4.42. The number of ether oxygens (including phenoxy) is 1. The van der Waals surface area contributed by atoms with Gasteiger partial charge in [0.05, 0.1) is 6.61 Å². The van der Waals surface area contributed by atoms with Crippen LogP contribution in [0.5, 0.6) is 0 Å². The van der Waals surface area contributed by atoms with E-state index in [-0.39, 0.29) is 11.5 Å². The van der Waals surface area contributed by atoms with Crippen molar-refractivity contribution in [1.82, 2.24) is 15.3 Å². The summed E-state index contributed by atoms with van der Waals surface area (Å²) < 4.78 is 42.8. The number of imidazole rings is 1. The van der Waals surface area contributed by atoms with Crippen molar-refractivity contribution in [2.24, 2.45) is 0 Å². The fourth-order valence-electron chi connectivity index (χ4n) is 1.65. The van der Waals surface area contributed by atoms with Gasteiger partial charge in [-0.1, -0.05) is 0 Å². The van der Waals surface area contributed by atoms with E-state index in [0.29, 0.717) is 19.7 Å². The maximum atomic E-state index is 12.5. The molecule has 2 rings (SSSR count). The summed E-state index contributed by atoms with van der Waals surface area (Å²) in [5.41, 5.74) is -0.839. The van der Waals surface area contributed by atoms with Gasteiger partial charge in [0.25, 0.3) is 0 Å². The summed E-state index contributed by atoms with van der Waals surface area (Å²) in [5, 5.41) is 3.03. The maximum Gasteiger partial charge on any atom is 0.435 e. The molecule has 1 unspecified atom stereocenters. The van der Waals surface area contributed by atoms with Crippen LogP contribution in [0.4, 0.5) is 13.2 Å². The van der Waals surface area contributed by atoms with Gasteiger partial charge in [-0.3, -0.25) is 0 Å². The molecule has 1 aromatic rings. The van der Waals surface area contributed by atoms with Crippen LogP contribution in [-0.2, 0) is 10.9 Å². The predicted molar refractivity (Wildman–Crippen MR) is 49.9 cm³/mol. The van der Waals surface area contributed by atoms with Gasteiger partial charge in [-0.05, 0) is 6.92 Å². The molecule has 1 aliphatic heterocycles. The van der Waals surface area contributed by atoms with Crippen molar-refractivity contribution in [2.75, 3.05) is 19.7 Å². The Balaban J connectivity index is 2.23. The molecule has 16 heavy (non-hydrogen) atoms. The van der Waals surface area contributed by atoms with Crippen molar-refractivity contribution in [2.45, 2.75) is 19.2 Å². The average Bonchev–Trinajstić information content (AvgIpc) is 2.61. The fraction of sp³-hybridized carbons (Fsp3) is 0.667. The summed E-state index contributed by atoms with van der Waals surface area (Å²) in [4.78, 5) is 6.18. The van der Waals surface area contributed by atoms with E-state index in [1.165, 1.54) is 6.92 Å². The Morgan fingerprint density at radius 1 is 1.44 bits per heavy atom. The average molecular weight is 235 g/mol. The first kappa shape index (κ1) is 11.4. The molecule has 7 heteroatoms. The molecule has 4 nitrogen and oxygen atoms in total. The molecule has 1 aliphatic rings. The Bertz CT molecular complexity index is 369. The molecule has 0 amide bonds. The topological polar surface area (TPSA) is 49.9 Å². The lowest BCUT2D eigenvalue weighted by molar-refractivity contribution is -0.141. The molecule has 0 radical (unpaired) electrons. The second-order valence-corrected chi connectivity index (χ2v) is 3.66. The number of nitrogens with one attached hydrogen (secondary N) is 2. The van der Waals surface area contributed by atoms with E-state index in [2.05, 4.69) is 15.3 Å². The zero-order valence-corrected chi connectivity index (χ0v) is 8.69. The van der Waals surface area contributed by atoms with Gasteiger partial charge >= 0.3 is 6.18 Å². The number of aryl methyl sites for hydroxylation is 1. The number of nitrogens with zero attached hydrogens (tertiary/aromatic N) is 1. The van der Waals surface area contributed by atoms with E-state index in [1.807, 2.05) is 0 Å². The minimum absolute atomic E-state index is 0.0247. The number of aromatic amines is 1. The van der Waals surface area contributed by atoms with E-state index in [4.69, 9.17) is 4.74 Å². The van der Waals surface area contributed by atoms with Gasteiger partial charge in [0, 0.05) is 18.8 Å². The number of halogens is 3. The first-order valence-corrected chi connectivity index (χ1v) is 4.94. The third kappa shape index (κ3) is 2.19. The number of hydrogen-bond donors (Lipinski definition) is 2. The SMILES string of the molecule is Cc1[nH]c(C2CNCCO2)nc1C(F)(F)F. The van der Waals surface area contributed by atoms with Crippen LogP contribution in [0.3, 0.4) is 0 Å². The van der Waals surface area contributed by atoms with Crippen LogP contribution >= 0.6 is 0 Å². The summed E-state index contributed by atoms with van der Waals surface area (Å²) in [7, 11) is 0. The number of aromatic nitrogens is 2. The van der Waals surface area contributed by atoms with Crippen LogP contribution in [0, 0.1) is 6.92 Å². The molecule has 0 aromatic carbocycles. The Morgan fingerprint density at radius 2 is 2.19 bits per heavy atom. The summed E-state index contributed by atoms with van der Waals surface area (Å²) >= 11 is 0. The lowest BCUT2D eigenvalue weighted by Crippen LogP contribution is -2.33. The highest BCUT2D eigenvalue weighted by molar-refractivity contribution is 5.17. The number of rotatable bonds is 1. The normalized spacial score (nSPS) is 22.4. The van der Waals surface area contributed by atoms with Crippen molar-refractivity contribution in [3.05, 3.63) is 17.2 Å². The Kier molecular flexibility index (Phi) is 2.90. The highest BCUT2D eigenvalue weighted by atomic mass is 19.4. The molecule has 1 fully saturated rings. The van der Waals surface area contributed by atoms with E-state index < -0.39 is 18.0 Å². The molecule has 0 saturated carbocycles. The summed E-state index contributed by atoms with van der Waals surface area (Å²) in [6.07, 6.45) is -4.84. The number of hydrogen-bond acceptors (Lipinski definition) is 3. The highest BCUT2D eigenvalue weighted by Gasteiger charge is 2.37. The van der Waals surface area contributed by atoms with Crippen molar-refractivity contribution < 1.29 is 17.9 Å². The van der Waals surface area contributed by atoms with Crippen LogP contribution in [0.15, 0.2) is 0 Å². The van der Waals surface area contributed by atoms with Gasteiger partial charge in [0.15, 0.2) is 5.69 Å². The smallest absolute Gasteiger partial charge is 0.368 e. The van der Waals surface area contributed by atoms with E-state index in [9.17, 15) is 13.2 Å². The van der Waals surface area contributed by atoms with Crippen LogP contribution < -0.4 is 5.32 Å². The molecule has 0 aliphatic carbocycles. The second-order valence-electron chi connectivity index (χ2n) is 3.66. The highest BCUT2D eigenvalue weighted by Crippen LogP contribution is 2.31. The maximum absolute atomic E-state index is 12.5. The quantitative estimate of drug-likeness (QED) is 0.773. The van der Waals surface area contributed by atoms with Gasteiger partial charge in [-0.15, -0.1) is 0 Å². The third-order valence-electron chi connectivity index (χ3n) is 2.40. The molecular weight excluding hydrogens is 223 g/mol. The number of H-pyrrole nitrogens is 1. The number of morpholine rings is 1. The molecule has 90 valence electrons. The molecule has 1 atom stereocenters. The van der Waals surface area contributed by atoms with Gasteiger partial charge in [0.2, 0.25) is 0 Å². The first-order chi connectivity index (χ1) is 7.48. The van der Waals surface area contributed by atoms with Crippen LogP contribution in [-0.4, -0.2) is 29.7 Å². The van der Waals surface area contributed by atoms with Crippen LogP contribution in [0.2, 0.25) is 0 Å². The van der Waals surface area contributed by atoms with Crippen molar-refractivity contribution in [3.63, 3.8) is 0 Å². The molecule has 2 heterocycles. The third-order valence-corrected chi connectivity index (χ3v) is 2.40. The lowest BCUT2D eigenvalue weighted by Gasteiger charge is -2.21. The Hall–Kier alpha value is -1.08. The lowest BCUT2D eigenvalue weighted by atomic mass is 10.3. The minimum Gasteiger partial charge on any atom is -0.368 e. The second kappa shape index (κ2) is 4.06. The predicted octanol–water partition coefficient (Wildman–Crippen LogP) is 1.40. The molecule has 1 aromatic heterocycles. The largest absolute Gasteiger partial charge is 0.435 e. The summed E-state index contributed by atoms with van der Waals surface area (Å²) in [6.45, 7) is 3.02. The zero-order chi connectivity index (χ0) is 11.8. The van der Waals surface area contributed by atoms with E-state index in [0.717, 1.165) is 0 Å². The van der Waals surface area contributed by atoms with Gasteiger partial charge in [-0.25, -0.2) is 4.98 Å². The van der Waals surface area contributed by atoms with Gasteiger partial charge < -0.3 is 15.0 Å². The molecule has 0 bridgehead atoms. The van der Waals surface area contributed by atoms with Crippen molar-refractivity contribution in [3.8, 4) is 0 Å². The van der Waals surface area contributed by atoms with Crippen molar-refractivity contribution >= 4 is 0 Å². The Morgan fingerprint density at radius 3 is 2.69 bits per heavy atom. The fourth-order valence-corrected chi connectivity index (χ4v) is 1.65. The van der Waals surface area contributed by atoms with Crippen molar-refractivity contribution in [1.29, 1.82) is 0 Å². The molecule has 0 spiro atoms. The number of alkyl halides is 3. The standard InChI is InChI=1S/C9H12F3N3O/c1-5-7(9(10,11)12)15-8(14-5)6-4-13-2-3-16-6/h6,13H,2-4H2,1H3,(H,14,15). The monoisotopic (exact) mass is 235 g/mol. The molecular formula is C9H12F3N3O. The van der Waals surface area contributed by atoms with Crippen LogP contribution in [0.25, 0.3) is 0 Å². The van der Waals surface area contributed by atoms with Gasteiger partial charge in [0.1, 0.15) is 11.9 Å². The Labute approximate surface area is 90.2 Å². The zero-order valence-electron chi connectivity index (χ0n) is 8.69. The van der Waals surface area contributed by atoms with E-state index in [1.54, 1.807) is 0 Å². The molecule has 2 N–H and O–H groups in total. The van der Waals surface area contributed by atoms with Crippen LogP contribution in [0.1, 0.15) is 23.3 Å². The summed E-state index contributed by atoms with van der Waals surface area (Å²) in [6, 6.07) is 0. The first-order valence-electron chi connectivity index (χ1n) is 4.94. The molecule has 1 saturated heterocycles. The van der Waals surface area contributed by atoms with E-state index >= 15 is 0 Å². The van der Waals surface area contributed by atoms with Gasteiger partial charge in [-0.2, -0.15) is 13.2 Å².